The number of halogens is 2. The van der Waals surface area contributed by atoms with Crippen molar-refractivity contribution in [1.29, 1.82) is 0 Å². The van der Waals surface area contributed by atoms with E-state index in [-0.39, 0.29) is 23.7 Å². The van der Waals surface area contributed by atoms with Gasteiger partial charge in [-0.3, -0.25) is 9.36 Å². The van der Waals surface area contributed by atoms with Crippen LogP contribution in [0.15, 0.2) is 12.1 Å². The third-order valence-corrected chi connectivity index (χ3v) is 4.30. The van der Waals surface area contributed by atoms with E-state index in [2.05, 4.69) is 4.98 Å². The lowest BCUT2D eigenvalue weighted by Crippen LogP contribution is -2.25. The van der Waals surface area contributed by atoms with Crippen molar-refractivity contribution in [3.8, 4) is 0 Å². The lowest BCUT2D eigenvalue weighted by Gasteiger charge is -2.14. The van der Waals surface area contributed by atoms with Gasteiger partial charge in [0.15, 0.2) is 0 Å². The Balaban J connectivity index is 2.21. The molecule has 1 unspecified atom stereocenters. The summed E-state index contributed by atoms with van der Waals surface area (Å²) in [6.07, 6.45) is 0.665. The van der Waals surface area contributed by atoms with Crippen LogP contribution in [0, 0.1) is 9.39 Å². The number of likely N-dealkylation sites (N-methyl/N-ethyl adjacent to an activating group) is 1. The fraction of sp³-hybridized carbons (Fsp3) is 0.333. The molecular formula is C12H12FIN4O. The first-order valence-electron chi connectivity index (χ1n) is 5.86. The van der Waals surface area contributed by atoms with E-state index in [0.717, 1.165) is 0 Å². The Hall–Kier alpha value is -1.38. The van der Waals surface area contributed by atoms with Crippen LogP contribution in [0.2, 0.25) is 0 Å². The molecule has 1 amide bonds. The molecule has 1 aliphatic heterocycles. The van der Waals surface area contributed by atoms with Gasteiger partial charge in [0.2, 0.25) is 11.9 Å². The molecule has 5 nitrogen and oxygen atoms in total. The van der Waals surface area contributed by atoms with Crippen molar-refractivity contribution in [2.75, 3.05) is 19.3 Å². The third-order valence-electron chi connectivity index (χ3n) is 3.47. The van der Waals surface area contributed by atoms with E-state index in [1.165, 1.54) is 6.07 Å². The molecule has 1 atom stereocenters. The van der Waals surface area contributed by atoms with Crippen LogP contribution in [-0.4, -0.2) is 34.0 Å². The lowest BCUT2D eigenvalue weighted by molar-refractivity contribution is -0.129. The summed E-state index contributed by atoms with van der Waals surface area (Å²) in [4.78, 5) is 17.9. The number of nitrogens with two attached hydrogens (primary N) is 1. The van der Waals surface area contributed by atoms with Crippen LogP contribution >= 0.6 is 22.6 Å². The zero-order valence-electron chi connectivity index (χ0n) is 10.2. The topological polar surface area (TPSA) is 64.2 Å². The molecule has 1 aliphatic rings. The Morgan fingerprint density at radius 3 is 2.89 bits per heavy atom. The van der Waals surface area contributed by atoms with Gasteiger partial charge in [-0.2, -0.15) is 0 Å². The number of likely N-dealkylation sites (tertiary alicyclic amines) is 1. The fourth-order valence-electron chi connectivity index (χ4n) is 2.48. The molecule has 1 fully saturated rings. The number of imidazole rings is 1. The highest BCUT2D eigenvalue weighted by atomic mass is 127. The molecule has 2 aromatic rings. The number of carbonyl (C=O) groups excluding carboxylic acids is 1. The Morgan fingerprint density at radius 1 is 1.53 bits per heavy atom. The number of anilines is 1. The van der Waals surface area contributed by atoms with Crippen LogP contribution < -0.4 is 5.73 Å². The predicted molar refractivity (Wildman–Crippen MR) is 78.1 cm³/mol. The Labute approximate surface area is 122 Å². The Bertz CT molecular complexity index is 684. The maximum atomic E-state index is 13.7. The minimum absolute atomic E-state index is 0.00930. The van der Waals surface area contributed by atoms with Crippen LogP contribution in [0.4, 0.5) is 10.3 Å². The van der Waals surface area contributed by atoms with Crippen LogP contribution in [0.3, 0.4) is 0 Å². The normalized spacial score (nSPS) is 19.6. The number of carbonyl (C=O) groups is 1. The zero-order chi connectivity index (χ0) is 13.7. The summed E-state index contributed by atoms with van der Waals surface area (Å²) >= 11 is 1.91. The molecule has 0 saturated carbocycles. The highest BCUT2D eigenvalue weighted by Crippen LogP contribution is 2.31. The average molecular weight is 374 g/mol. The molecule has 1 aromatic heterocycles. The van der Waals surface area contributed by atoms with Crippen molar-refractivity contribution in [3.63, 3.8) is 0 Å². The molecule has 2 heterocycles. The molecular weight excluding hydrogens is 362 g/mol. The summed E-state index contributed by atoms with van der Waals surface area (Å²) in [6.45, 7) is 0.676. The highest BCUT2D eigenvalue weighted by molar-refractivity contribution is 14.1. The smallest absolute Gasteiger partial charge is 0.245 e. The summed E-state index contributed by atoms with van der Waals surface area (Å²) in [6, 6.07) is 2.65. The average Bonchev–Trinajstić information content (AvgIpc) is 2.82. The zero-order valence-corrected chi connectivity index (χ0v) is 12.4. The lowest BCUT2D eigenvalue weighted by atomic mass is 10.2. The van der Waals surface area contributed by atoms with Crippen LogP contribution in [-0.2, 0) is 4.79 Å². The number of hydrogen-bond donors (Lipinski definition) is 1. The largest absolute Gasteiger partial charge is 0.369 e. The number of nitrogen functional groups attached to an aromatic ring is 1. The number of benzene rings is 1. The van der Waals surface area contributed by atoms with Crippen LogP contribution in [0.5, 0.6) is 0 Å². The van der Waals surface area contributed by atoms with Gasteiger partial charge in [-0.1, -0.05) is 0 Å². The van der Waals surface area contributed by atoms with Crippen molar-refractivity contribution in [2.24, 2.45) is 0 Å². The summed E-state index contributed by atoms with van der Waals surface area (Å²) in [5.74, 6) is -0.0805. The standard InChI is InChI=1S/C12H12FIN4O/c1-17-3-2-9(11(17)19)18-10-4-6(13)7(14)5-8(10)16-12(18)15/h4-5,9H,2-3H2,1H3,(H2,15,16). The van der Waals surface area contributed by atoms with Crippen molar-refractivity contribution >= 4 is 45.5 Å². The molecule has 0 bridgehead atoms. The van der Waals surface area contributed by atoms with E-state index in [9.17, 15) is 9.18 Å². The maximum Gasteiger partial charge on any atom is 0.245 e. The van der Waals surface area contributed by atoms with Crippen molar-refractivity contribution in [3.05, 3.63) is 21.5 Å². The Morgan fingerprint density at radius 2 is 2.26 bits per heavy atom. The van der Waals surface area contributed by atoms with Gasteiger partial charge in [-0.05, 0) is 35.1 Å². The minimum Gasteiger partial charge on any atom is -0.369 e. The van der Waals surface area contributed by atoms with Gasteiger partial charge in [0.25, 0.3) is 0 Å². The number of aromatic nitrogens is 2. The molecule has 0 aliphatic carbocycles. The van der Waals surface area contributed by atoms with E-state index in [0.29, 0.717) is 27.6 Å². The molecule has 19 heavy (non-hydrogen) atoms. The van der Waals surface area contributed by atoms with Gasteiger partial charge in [0, 0.05) is 19.7 Å². The molecule has 0 radical (unpaired) electrons. The van der Waals surface area contributed by atoms with Gasteiger partial charge < -0.3 is 10.6 Å². The molecule has 7 heteroatoms. The van der Waals surface area contributed by atoms with Crippen LogP contribution in [0.1, 0.15) is 12.5 Å². The maximum absolute atomic E-state index is 13.7. The predicted octanol–water partition coefficient (Wildman–Crippen LogP) is 1.77. The number of rotatable bonds is 1. The van der Waals surface area contributed by atoms with Gasteiger partial charge >= 0.3 is 0 Å². The molecule has 2 N–H and O–H groups in total. The number of amides is 1. The summed E-state index contributed by atoms with van der Waals surface area (Å²) in [5.41, 5.74) is 7.09. The quantitative estimate of drug-likeness (QED) is 0.774. The molecule has 1 aromatic carbocycles. The van der Waals surface area contributed by atoms with Gasteiger partial charge in [0.1, 0.15) is 11.9 Å². The van der Waals surface area contributed by atoms with Crippen molar-refractivity contribution in [1.82, 2.24) is 14.5 Å². The Kier molecular flexibility index (Phi) is 2.88. The van der Waals surface area contributed by atoms with Crippen LogP contribution in [0.25, 0.3) is 11.0 Å². The van der Waals surface area contributed by atoms with E-state index >= 15 is 0 Å². The van der Waals surface area contributed by atoms with Gasteiger partial charge in [-0.15, -0.1) is 0 Å². The number of fused-ring (bicyclic) bond motifs is 1. The van der Waals surface area contributed by atoms with E-state index in [4.69, 9.17) is 5.73 Å². The SMILES string of the molecule is CN1CCC(n2c(N)nc3cc(I)c(F)cc32)C1=O. The monoisotopic (exact) mass is 374 g/mol. The van der Waals surface area contributed by atoms with Crippen molar-refractivity contribution in [2.45, 2.75) is 12.5 Å². The second-order valence-electron chi connectivity index (χ2n) is 4.66. The number of hydrogen-bond acceptors (Lipinski definition) is 3. The fourth-order valence-corrected chi connectivity index (χ4v) is 2.93. The minimum atomic E-state index is -0.380. The first-order chi connectivity index (χ1) is 8.99. The van der Waals surface area contributed by atoms with E-state index < -0.39 is 0 Å². The first kappa shape index (κ1) is 12.6. The second kappa shape index (κ2) is 4.32. The summed E-state index contributed by atoms with van der Waals surface area (Å²) < 4.78 is 15.8. The number of nitrogens with zero attached hydrogens (tertiary/aromatic N) is 3. The van der Waals surface area contributed by atoms with Gasteiger partial charge in [-0.25, -0.2) is 9.37 Å². The highest BCUT2D eigenvalue weighted by Gasteiger charge is 2.33. The first-order valence-corrected chi connectivity index (χ1v) is 6.94. The summed E-state index contributed by atoms with van der Waals surface area (Å²) in [7, 11) is 1.75. The third kappa shape index (κ3) is 1.87. The molecule has 3 rings (SSSR count). The van der Waals surface area contributed by atoms with E-state index in [1.807, 2.05) is 22.6 Å². The van der Waals surface area contributed by atoms with Crippen molar-refractivity contribution < 1.29 is 9.18 Å². The summed E-state index contributed by atoms with van der Waals surface area (Å²) in [5, 5.41) is 0. The second-order valence-corrected chi connectivity index (χ2v) is 5.82. The molecule has 0 spiro atoms. The van der Waals surface area contributed by atoms with E-state index in [1.54, 1.807) is 22.6 Å². The van der Waals surface area contributed by atoms with Gasteiger partial charge in [0.05, 0.1) is 14.6 Å². The molecule has 100 valence electrons. The molecule has 1 saturated heterocycles.